The summed E-state index contributed by atoms with van der Waals surface area (Å²) in [6.07, 6.45) is 1.42. The molecular formula is C21H23N3O4. The molecule has 7 heteroatoms. The summed E-state index contributed by atoms with van der Waals surface area (Å²) in [6.45, 7) is 1.59. The molecule has 0 aromatic heterocycles. The molecule has 0 spiro atoms. The summed E-state index contributed by atoms with van der Waals surface area (Å²) in [4.78, 5) is 12.0. The van der Waals surface area contributed by atoms with Gasteiger partial charge in [-0.2, -0.15) is 5.26 Å². The molecule has 3 N–H and O–H groups in total. The molecule has 146 valence electrons. The van der Waals surface area contributed by atoms with Gasteiger partial charge in [-0.15, -0.1) is 0 Å². The Morgan fingerprint density at radius 1 is 1.07 bits per heavy atom. The molecule has 1 atom stereocenters. The highest BCUT2D eigenvalue weighted by Crippen LogP contribution is 2.34. The highest BCUT2D eigenvalue weighted by molar-refractivity contribution is 5.96. The maximum atomic E-state index is 12.0. The van der Waals surface area contributed by atoms with Gasteiger partial charge in [0.2, 0.25) is 5.91 Å². The molecule has 0 bridgehead atoms. The second kappa shape index (κ2) is 9.44. The molecule has 2 aromatic rings. The van der Waals surface area contributed by atoms with Crippen LogP contribution in [-0.4, -0.2) is 33.3 Å². The van der Waals surface area contributed by atoms with Crippen molar-refractivity contribution in [1.82, 2.24) is 0 Å². The van der Waals surface area contributed by atoms with Gasteiger partial charge in [-0.05, 0) is 47.9 Å². The summed E-state index contributed by atoms with van der Waals surface area (Å²) in [7, 11) is 4.62. The van der Waals surface area contributed by atoms with E-state index in [9.17, 15) is 10.1 Å². The number of carbonyl (C=O) groups excluding carboxylic acids is 1. The maximum Gasteiger partial charge on any atom is 0.241 e. The molecule has 7 nitrogen and oxygen atoms in total. The lowest BCUT2D eigenvalue weighted by Gasteiger charge is -2.16. The zero-order valence-electron chi connectivity index (χ0n) is 16.3. The molecule has 0 fully saturated rings. The number of anilines is 1. The molecule has 0 aliphatic rings. The monoisotopic (exact) mass is 381 g/mol. The number of methoxy groups -OCH3 is 3. The van der Waals surface area contributed by atoms with Crippen LogP contribution in [0.1, 0.15) is 18.1 Å². The van der Waals surface area contributed by atoms with E-state index in [1.165, 1.54) is 13.2 Å². The molecule has 0 aliphatic carbocycles. The molecule has 0 aliphatic heterocycles. The average molecular weight is 381 g/mol. The third-order valence-corrected chi connectivity index (χ3v) is 4.05. The molecule has 28 heavy (non-hydrogen) atoms. The summed E-state index contributed by atoms with van der Waals surface area (Å²) in [5.41, 5.74) is 8.17. The second-order valence-electron chi connectivity index (χ2n) is 5.98. The van der Waals surface area contributed by atoms with Gasteiger partial charge in [0.15, 0.2) is 0 Å². The predicted molar refractivity (Wildman–Crippen MR) is 108 cm³/mol. The largest absolute Gasteiger partial charge is 0.497 e. The number of benzene rings is 2. The van der Waals surface area contributed by atoms with Gasteiger partial charge in [-0.25, -0.2) is 0 Å². The number of nitrogens with zero attached hydrogens (tertiary/aromatic N) is 1. The van der Waals surface area contributed by atoms with Gasteiger partial charge >= 0.3 is 0 Å². The first-order chi connectivity index (χ1) is 13.4. The molecule has 1 unspecified atom stereocenters. The van der Waals surface area contributed by atoms with Crippen molar-refractivity contribution in [3.8, 4) is 23.3 Å². The Bertz CT molecular complexity index is 907. The smallest absolute Gasteiger partial charge is 0.241 e. The Balaban J connectivity index is 2.57. The van der Waals surface area contributed by atoms with Crippen LogP contribution in [0.15, 0.2) is 42.5 Å². The second-order valence-corrected chi connectivity index (χ2v) is 5.98. The molecule has 0 saturated heterocycles. The average Bonchev–Trinajstić information content (AvgIpc) is 2.71. The van der Waals surface area contributed by atoms with Crippen LogP contribution in [0, 0.1) is 11.3 Å². The van der Waals surface area contributed by atoms with Crippen molar-refractivity contribution < 1.29 is 19.0 Å². The molecule has 0 radical (unpaired) electrons. The number of ether oxygens (including phenoxy) is 3. The number of hydrogen-bond acceptors (Lipinski definition) is 6. The third kappa shape index (κ3) is 4.81. The van der Waals surface area contributed by atoms with Crippen molar-refractivity contribution in [2.45, 2.75) is 13.0 Å². The first kappa shape index (κ1) is 20.8. The molecule has 0 saturated carbocycles. The third-order valence-electron chi connectivity index (χ3n) is 4.05. The number of nitrogens with two attached hydrogens (primary N) is 1. The lowest BCUT2D eigenvalue weighted by Crippen LogP contribution is -2.32. The van der Waals surface area contributed by atoms with E-state index in [1.54, 1.807) is 57.5 Å². The minimum atomic E-state index is -0.676. The zero-order valence-corrected chi connectivity index (χ0v) is 16.3. The Morgan fingerprint density at radius 3 is 2.21 bits per heavy atom. The first-order valence-corrected chi connectivity index (χ1v) is 8.51. The first-order valence-electron chi connectivity index (χ1n) is 8.51. The lowest BCUT2D eigenvalue weighted by molar-refractivity contribution is -0.117. The van der Waals surface area contributed by atoms with Gasteiger partial charge in [-0.3, -0.25) is 4.79 Å². The Hall–Kier alpha value is -3.50. The van der Waals surface area contributed by atoms with E-state index >= 15 is 0 Å². The van der Waals surface area contributed by atoms with Crippen LogP contribution in [0.5, 0.6) is 17.2 Å². The van der Waals surface area contributed by atoms with Crippen molar-refractivity contribution in [3.05, 3.63) is 53.6 Å². The van der Waals surface area contributed by atoms with Gasteiger partial charge < -0.3 is 25.3 Å². The molecule has 2 aromatic carbocycles. The SMILES string of the molecule is COc1cc(OC)cc(/C(=C/C#N)c2ccc(OC)c(NC(=O)C(C)N)c2)c1. The highest BCUT2D eigenvalue weighted by Gasteiger charge is 2.15. The fourth-order valence-corrected chi connectivity index (χ4v) is 2.58. The molecular weight excluding hydrogens is 358 g/mol. The Kier molecular flexibility index (Phi) is 7.02. The Labute approximate surface area is 164 Å². The Morgan fingerprint density at radius 2 is 1.71 bits per heavy atom. The minimum absolute atomic E-state index is 0.343. The van der Waals surface area contributed by atoms with Crippen molar-refractivity contribution in [2.24, 2.45) is 5.73 Å². The summed E-state index contributed by atoms with van der Waals surface area (Å²) >= 11 is 0. The van der Waals surface area contributed by atoms with Crippen LogP contribution in [0.2, 0.25) is 0 Å². The number of nitriles is 1. The number of amides is 1. The number of carbonyl (C=O) groups is 1. The van der Waals surface area contributed by atoms with E-state index in [4.69, 9.17) is 19.9 Å². The van der Waals surface area contributed by atoms with Gasteiger partial charge in [0, 0.05) is 12.1 Å². The normalized spacial score (nSPS) is 11.9. The quantitative estimate of drug-likeness (QED) is 0.714. The summed E-state index contributed by atoms with van der Waals surface area (Å²) in [5, 5.41) is 12.0. The van der Waals surface area contributed by atoms with Crippen molar-refractivity contribution >= 4 is 17.2 Å². The maximum absolute atomic E-state index is 12.0. The standard InChI is InChI=1S/C21H23N3O4/c1-13(23)21(25)24-19-11-14(5-6-20(19)28-4)18(7-8-22)15-9-16(26-2)12-17(10-15)27-3/h5-7,9-13H,23H2,1-4H3,(H,24,25)/b18-7+. The van der Waals surface area contributed by atoms with E-state index in [2.05, 4.69) is 11.4 Å². The number of rotatable bonds is 7. The summed E-state index contributed by atoms with van der Waals surface area (Å²) in [6, 6.07) is 12.0. The summed E-state index contributed by atoms with van der Waals surface area (Å²) in [5.74, 6) is 1.33. The van der Waals surface area contributed by atoms with Crippen LogP contribution < -0.4 is 25.3 Å². The van der Waals surface area contributed by atoms with Gasteiger partial charge in [-0.1, -0.05) is 6.07 Å². The number of allylic oxidation sites excluding steroid dienone is 1. The fourth-order valence-electron chi connectivity index (χ4n) is 2.58. The van der Waals surface area contributed by atoms with E-state index in [1.807, 2.05) is 0 Å². The predicted octanol–water partition coefficient (Wildman–Crippen LogP) is 2.95. The van der Waals surface area contributed by atoms with Gasteiger partial charge in [0.05, 0.1) is 39.1 Å². The molecule has 0 heterocycles. The number of nitrogens with one attached hydrogen (secondary N) is 1. The van der Waals surface area contributed by atoms with Crippen LogP contribution in [0.4, 0.5) is 5.69 Å². The van der Waals surface area contributed by atoms with Crippen molar-refractivity contribution in [3.63, 3.8) is 0 Å². The van der Waals surface area contributed by atoms with Crippen molar-refractivity contribution in [2.75, 3.05) is 26.6 Å². The van der Waals surface area contributed by atoms with Gasteiger partial charge in [0.1, 0.15) is 17.2 Å². The topological polar surface area (TPSA) is 107 Å². The fraction of sp³-hybridized carbons (Fsp3) is 0.238. The minimum Gasteiger partial charge on any atom is -0.497 e. The van der Waals surface area contributed by atoms with E-state index in [-0.39, 0.29) is 5.91 Å². The lowest BCUT2D eigenvalue weighted by atomic mass is 9.96. The van der Waals surface area contributed by atoms with Crippen molar-refractivity contribution in [1.29, 1.82) is 5.26 Å². The molecule has 1 amide bonds. The number of hydrogen-bond donors (Lipinski definition) is 2. The zero-order chi connectivity index (χ0) is 20.7. The van der Waals surface area contributed by atoms with Crippen LogP contribution in [0.3, 0.4) is 0 Å². The summed E-state index contributed by atoms with van der Waals surface area (Å²) < 4.78 is 16.0. The van der Waals surface area contributed by atoms with Crippen LogP contribution in [0.25, 0.3) is 5.57 Å². The van der Waals surface area contributed by atoms with E-state index in [0.29, 0.717) is 34.1 Å². The van der Waals surface area contributed by atoms with Crippen LogP contribution >= 0.6 is 0 Å². The van der Waals surface area contributed by atoms with E-state index < -0.39 is 6.04 Å². The van der Waals surface area contributed by atoms with E-state index in [0.717, 1.165) is 5.56 Å². The van der Waals surface area contributed by atoms with Crippen LogP contribution in [-0.2, 0) is 4.79 Å². The highest BCUT2D eigenvalue weighted by atomic mass is 16.5. The molecule has 2 rings (SSSR count). The van der Waals surface area contributed by atoms with Gasteiger partial charge in [0.25, 0.3) is 0 Å².